The number of anilines is 2. The Bertz CT molecular complexity index is 649. The van der Waals surface area contributed by atoms with Crippen LogP contribution in [0.4, 0.5) is 21.6 Å². The first-order chi connectivity index (χ1) is 10.1. The van der Waals surface area contributed by atoms with E-state index in [2.05, 4.69) is 15.6 Å². The van der Waals surface area contributed by atoms with Crippen LogP contribution in [-0.4, -0.2) is 25.0 Å². The highest BCUT2D eigenvalue weighted by molar-refractivity contribution is 5.94. The molecule has 0 radical (unpaired) electrons. The largest absolute Gasteiger partial charge is 0.355 e. The number of carbonyl (C=O) groups excluding carboxylic acids is 1. The summed E-state index contributed by atoms with van der Waals surface area (Å²) in [6.07, 6.45) is 1.44. The molecule has 0 saturated heterocycles. The summed E-state index contributed by atoms with van der Waals surface area (Å²) in [6.45, 7) is 0. The van der Waals surface area contributed by atoms with E-state index in [1.807, 2.05) is 0 Å². The summed E-state index contributed by atoms with van der Waals surface area (Å²) in [5.41, 5.74) is 3.01. The number of nitrogens with one attached hydrogen (secondary N) is 2. The summed E-state index contributed by atoms with van der Waals surface area (Å²) in [5.74, 6) is -0.125. The van der Waals surface area contributed by atoms with Gasteiger partial charge < -0.3 is 10.6 Å². The molecule has 0 saturated carbocycles. The molecule has 1 aromatic heterocycles. The minimum atomic E-state index is -0.348. The average molecular weight is 291 g/mol. The van der Waals surface area contributed by atoms with E-state index >= 15 is 0 Å². The van der Waals surface area contributed by atoms with Gasteiger partial charge in [0.2, 0.25) is 5.69 Å². The fourth-order valence-electron chi connectivity index (χ4n) is 1.77. The third-order valence-electron chi connectivity index (χ3n) is 2.74. The quantitative estimate of drug-likeness (QED) is 0.720. The van der Waals surface area contributed by atoms with Crippen LogP contribution in [0.5, 0.6) is 0 Å². The normalized spacial score (nSPS) is 10.2. The summed E-state index contributed by atoms with van der Waals surface area (Å²) in [4.78, 5) is 20.8. The Kier molecular flexibility index (Phi) is 4.81. The summed E-state index contributed by atoms with van der Waals surface area (Å²) in [6, 6.07) is 7.65. The van der Waals surface area contributed by atoms with Gasteiger partial charge in [-0.3, -0.25) is 4.79 Å². The minimum Gasteiger partial charge on any atom is -0.355 e. The summed E-state index contributed by atoms with van der Waals surface area (Å²) in [5, 5.41) is 5.51. The molecule has 6 nitrogen and oxygen atoms in total. The number of pyridine rings is 1. The molecule has 0 aliphatic carbocycles. The summed E-state index contributed by atoms with van der Waals surface area (Å²) in [7, 11) is 3.04. The Morgan fingerprint density at radius 2 is 2.19 bits per heavy atom. The number of amides is 1. The SMILES string of the molecule is CNC(=O)c1cnc(Nc2cccc(F)c2)c([NH2+]OC)c1. The van der Waals surface area contributed by atoms with Gasteiger partial charge in [-0.2, -0.15) is 5.48 Å². The fourth-order valence-corrected chi connectivity index (χ4v) is 1.77. The number of quaternary nitrogens is 1. The maximum absolute atomic E-state index is 13.2. The minimum absolute atomic E-state index is 0.245. The van der Waals surface area contributed by atoms with Crippen LogP contribution in [0.2, 0.25) is 0 Å². The van der Waals surface area contributed by atoms with Gasteiger partial charge >= 0.3 is 0 Å². The lowest BCUT2D eigenvalue weighted by atomic mass is 10.2. The van der Waals surface area contributed by atoms with Gasteiger partial charge in [-0.25, -0.2) is 14.2 Å². The lowest BCUT2D eigenvalue weighted by molar-refractivity contribution is -0.829. The first kappa shape index (κ1) is 14.9. The molecule has 0 spiro atoms. The van der Waals surface area contributed by atoms with Crippen molar-refractivity contribution in [2.75, 3.05) is 19.5 Å². The van der Waals surface area contributed by atoms with Crippen LogP contribution >= 0.6 is 0 Å². The molecule has 7 heteroatoms. The molecule has 0 unspecified atom stereocenters. The van der Waals surface area contributed by atoms with E-state index in [0.29, 0.717) is 22.8 Å². The van der Waals surface area contributed by atoms with E-state index in [1.165, 1.54) is 30.9 Å². The van der Waals surface area contributed by atoms with Gasteiger partial charge in [0.25, 0.3) is 5.91 Å². The number of hydrogen-bond donors (Lipinski definition) is 3. The second kappa shape index (κ2) is 6.78. The Balaban J connectivity index is 2.31. The van der Waals surface area contributed by atoms with Crippen LogP contribution in [0.15, 0.2) is 36.5 Å². The zero-order chi connectivity index (χ0) is 15.2. The molecule has 1 amide bonds. The number of nitrogens with two attached hydrogens (primary N) is 1. The Morgan fingerprint density at radius 1 is 1.38 bits per heavy atom. The van der Waals surface area contributed by atoms with Crippen molar-refractivity contribution in [3.8, 4) is 0 Å². The van der Waals surface area contributed by atoms with Gasteiger partial charge in [-0.15, -0.1) is 0 Å². The van der Waals surface area contributed by atoms with Crippen molar-refractivity contribution >= 4 is 23.1 Å². The van der Waals surface area contributed by atoms with Crippen molar-refractivity contribution in [1.29, 1.82) is 0 Å². The molecule has 0 aliphatic rings. The molecule has 4 N–H and O–H groups in total. The molecular formula is C14H16FN4O2+. The Morgan fingerprint density at radius 3 is 2.86 bits per heavy atom. The van der Waals surface area contributed by atoms with E-state index in [1.54, 1.807) is 25.2 Å². The molecule has 2 aromatic rings. The molecular weight excluding hydrogens is 275 g/mol. The van der Waals surface area contributed by atoms with Crippen LogP contribution < -0.4 is 16.1 Å². The van der Waals surface area contributed by atoms with E-state index < -0.39 is 0 Å². The van der Waals surface area contributed by atoms with Crippen molar-refractivity contribution < 1.29 is 19.5 Å². The van der Waals surface area contributed by atoms with Crippen molar-refractivity contribution in [1.82, 2.24) is 10.3 Å². The molecule has 0 atom stereocenters. The molecule has 1 aromatic carbocycles. The van der Waals surface area contributed by atoms with Crippen LogP contribution in [0, 0.1) is 5.82 Å². The zero-order valence-electron chi connectivity index (χ0n) is 11.7. The molecule has 0 fully saturated rings. The number of nitrogens with zero attached hydrogens (tertiary/aromatic N) is 1. The topological polar surface area (TPSA) is 79.9 Å². The first-order valence-corrected chi connectivity index (χ1v) is 6.24. The summed E-state index contributed by atoms with van der Waals surface area (Å²) >= 11 is 0. The molecule has 0 bridgehead atoms. The van der Waals surface area contributed by atoms with Crippen LogP contribution in [0.3, 0.4) is 0 Å². The number of carbonyl (C=O) groups is 1. The fraction of sp³-hybridized carbons (Fsp3) is 0.143. The molecule has 110 valence electrons. The van der Waals surface area contributed by atoms with E-state index in [9.17, 15) is 9.18 Å². The van der Waals surface area contributed by atoms with Crippen LogP contribution in [0.1, 0.15) is 10.4 Å². The molecule has 21 heavy (non-hydrogen) atoms. The van der Waals surface area contributed by atoms with Gasteiger partial charge in [0.15, 0.2) is 5.82 Å². The van der Waals surface area contributed by atoms with Gasteiger partial charge in [0, 0.05) is 25.0 Å². The number of hydrogen-bond acceptors (Lipinski definition) is 4. The van der Waals surface area contributed by atoms with Gasteiger partial charge in [0.1, 0.15) is 5.82 Å². The highest BCUT2D eigenvalue weighted by atomic mass is 19.1. The highest BCUT2D eigenvalue weighted by Gasteiger charge is 2.14. The van der Waals surface area contributed by atoms with Crippen molar-refractivity contribution in [3.05, 3.63) is 47.9 Å². The van der Waals surface area contributed by atoms with E-state index in [-0.39, 0.29) is 11.7 Å². The Hall–Kier alpha value is -2.51. The van der Waals surface area contributed by atoms with Crippen LogP contribution in [-0.2, 0) is 4.84 Å². The van der Waals surface area contributed by atoms with Crippen molar-refractivity contribution in [2.45, 2.75) is 0 Å². The van der Waals surface area contributed by atoms with Crippen LogP contribution in [0.25, 0.3) is 0 Å². The van der Waals surface area contributed by atoms with E-state index in [4.69, 9.17) is 4.84 Å². The predicted molar refractivity (Wildman–Crippen MR) is 75.9 cm³/mol. The lowest BCUT2D eigenvalue weighted by Crippen LogP contribution is -2.76. The van der Waals surface area contributed by atoms with E-state index in [0.717, 1.165) is 0 Å². The van der Waals surface area contributed by atoms with Crippen molar-refractivity contribution in [2.24, 2.45) is 0 Å². The molecule has 2 rings (SSSR count). The highest BCUT2D eigenvalue weighted by Crippen LogP contribution is 2.21. The number of benzene rings is 1. The van der Waals surface area contributed by atoms with Gasteiger partial charge in [-0.1, -0.05) is 6.07 Å². The molecule has 0 aliphatic heterocycles. The van der Waals surface area contributed by atoms with Crippen molar-refractivity contribution in [3.63, 3.8) is 0 Å². The Labute approximate surface area is 121 Å². The second-order valence-corrected chi connectivity index (χ2v) is 4.23. The second-order valence-electron chi connectivity index (χ2n) is 4.23. The lowest BCUT2D eigenvalue weighted by Gasteiger charge is -2.09. The van der Waals surface area contributed by atoms with Gasteiger partial charge in [0.05, 0.1) is 12.7 Å². The third-order valence-corrected chi connectivity index (χ3v) is 2.74. The number of aromatic nitrogens is 1. The zero-order valence-corrected chi connectivity index (χ0v) is 11.7. The number of halogens is 1. The molecule has 1 heterocycles. The smallest absolute Gasteiger partial charge is 0.252 e. The average Bonchev–Trinajstić information content (AvgIpc) is 2.48. The monoisotopic (exact) mass is 291 g/mol. The maximum atomic E-state index is 13.2. The third kappa shape index (κ3) is 3.74. The van der Waals surface area contributed by atoms with Gasteiger partial charge in [-0.05, 0) is 18.2 Å². The summed E-state index contributed by atoms with van der Waals surface area (Å²) < 4.78 is 13.2. The predicted octanol–water partition coefficient (Wildman–Crippen LogP) is 1.08. The standard InChI is InChI=1S/C14H15FN4O2/c1-16-14(20)9-6-12(19-21-2)13(17-8-9)18-11-5-3-4-10(15)7-11/h3-8,19H,1-2H3,(H,16,20)(H,17,18)/p+1. The number of rotatable bonds is 5. The first-order valence-electron chi connectivity index (χ1n) is 6.24. The maximum Gasteiger partial charge on any atom is 0.252 e.